The number of hydrogen-bond acceptors (Lipinski definition) is 8. The van der Waals surface area contributed by atoms with Crippen LogP contribution in [-0.2, 0) is 38.4 Å². The number of rotatable bonds is 5. The van der Waals surface area contributed by atoms with E-state index in [2.05, 4.69) is 6.92 Å². The van der Waals surface area contributed by atoms with Crippen LogP contribution in [0.15, 0.2) is 0 Å². The second-order valence-electron chi connectivity index (χ2n) is 10.8. The topological polar surface area (TPSA) is 121 Å². The summed E-state index contributed by atoms with van der Waals surface area (Å²) in [4.78, 5) is 49.8. The number of hydrogen-bond donors (Lipinski definition) is 1. The van der Waals surface area contributed by atoms with Crippen molar-refractivity contribution in [2.24, 2.45) is 23.7 Å². The van der Waals surface area contributed by atoms with Crippen LogP contribution in [0.5, 0.6) is 0 Å². The molecule has 1 aliphatic carbocycles. The van der Waals surface area contributed by atoms with E-state index in [9.17, 15) is 19.5 Å². The second-order valence-corrected chi connectivity index (χ2v) is 10.8. The molecule has 6 aliphatic rings. The van der Waals surface area contributed by atoms with Gasteiger partial charge in [-0.15, -0.1) is 0 Å². The Morgan fingerprint density at radius 1 is 1.06 bits per heavy atom. The number of amides is 1. The quantitative estimate of drug-likeness (QED) is 0.466. The molecule has 0 aromatic carbocycles. The SMILES string of the molecule is C[C@H]1[C@H](OC(=O)CCC(=O)N2CCCC2C(=O)O)O[C@@H]2OC3(C)CC[C@H]4[C@H](C)CC[C@@H]1C24OO3. The van der Waals surface area contributed by atoms with E-state index in [4.69, 9.17) is 24.0 Å². The maximum Gasteiger partial charge on any atom is 0.326 e. The van der Waals surface area contributed by atoms with Crippen LogP contribution in [0.1, 0.15) is 72.1 Å². The maximum atomic E-state index is 12.7. The Morgan fingerprint density at radius 2 is 1.85 bits per heavy atom. The van der Waals surface area contributed by atoms with Gasteiger partial charge >= 0.3 is 11.9 Å². The maximum absolute atomic E-state index is 12.7. The zero-order chi connectivity index (χ0) is 24.3. The Morgan fingerprint density at radius 3 is 2.62 bits per heavy atom. The van der Waals surface area contributed by atoms with E-state index in [-0.39, 0.29) is 36.5 Å². The van der Waals surface area contributed by atoms with Crippen molar-refractivity contribution in [2.75, 3.05) is 6.54 Å². The highest BCUT2D eigenvalue weighted by atomic mass is 17.3. The average Bonchev–Trinajstić information content (AvgIpc) is 3.18. The van der Waals surface area contributed by atoms with Gasteiger partial charge in [0.25, 0.3) is 0 Å². The fourth-order valence-corrected chi connectivity index (χ4v) is 6.87. The zero-order valence-corrected chi connectivity index (χ0v) is 20.1. The predicted octanol–water partition coefficient (Wildman–Crippen LogP) is 2.59. The van der Waals surface area contributed by atoms with E-state index in [1.165, 1.54) is 4.90 Å². The highest BCUT2D eigenvalue weighted by molar-refractivity contribution is 5.86. The van der Waals surface area contributed by atoms with Crippen molar-refractivity contribution >= 4 is 17.8 Å². The summed E-state index contributed by atoms with van der Waals surface area (Å²) in [5.74, 6) is -2.25. The third-order valence-electron chi connectivity index (χ3n) is 8.75. The highest BCUT2D eigenvalue weighted by Crippen LogP contribution is 2.60. The van der Waals surface area contributed by atoms with Gasteiger partial charge in [-0.2, -0.15) is 0 Å². The second kappa shape index (κ2) is 8.72. The van der Waals surface area contributed by atoms with E-state index in [1.54, 1.807) is 0 Å². The summed E-state index contributed by atoms with van der Waals surface area (Å²) in [5.41, 5.74) is -0.729. The summed E-state index contributed by atoms with van der Waals surface area (Å²) in [7, 11) is 0. The molecule has 1 saturated carbocycles. The van der Waals surface area contributed by atoms with Crippen molar-refractivity contribution < 1.29 is 43.5 Å². The predicted molar refractivity (Wildman–Crippen MR) is 115 cm³/mol. The number of fused-ring (bicyclic) bond motifs is 2. The largest absolute Gasteiger partial charge is 0.480 e. The fraction of sp³-hybridized carbons (Fsp3) is 0.875. The van der Waals surface area contributed by atoms with Gasteiger partial charge < -0.3 is 24.2 Å². The third kappa shape index (κ3) is 3.83. The van der Waals surface area contributed by atoms with Crippen molar-refractivity contribution in [1.29, 1.82) is 0 Å². The summed E-state index contributed by atoms with van der Waals surface area (Å²) in [5, 5.41) is 9.29. The lowest BCUT2D eigenvalue weighted by molar-refractivity contribution is -0.576. The number of aliphatic carboxylic acids is 1. The smallest absolute Gasteiger partial charge is 0.326 e. The van der Waals surface area contributed by atoms with E-state index in [0.29, 0.717) is 31.7 Å². The molecule has 5 saturated heterocycles. The van der Waals surface area contributed by atoms with Gasteiger partial charge in [-0.05, 0) is 50.9 Å². The first kappa shape index (κ1) is 24.0. The summed E-state index contributed by atoms with van der Waals surface area (Å²) < 4.78 is 18.2. The molecule has 190 valence electrons. The first-order valence-corrected chi connectivity index (χ1v) is 12.6. The number of carbonyl (C=O) groups is 3. The molecule has 1 spiro atoms. The zero-order valence-electron chi connectivity index (χ0n) is 20.1. The van der Waals surface area contributed by atoms with Crippen LogP contribution in [0.3, 0.4) is 0 Å². The standard InChI is InChI=1S/C24H35NO9/c1-13-6-7-16-14(2)21(31-22-24(16)15(13)10-11-23(3,32-22)33-34-24)30-19(27)9-8-18(26)25-12-4-5-17(25)20(28)29/h13-17,21-22H,4-12H2,1-3H3,(H,28,29)/t13-,14-,15+,16+,17?,21-,22-,23?,24?/m1/s1. The number of carbonyl (C=O) groups excluding carboxylic acids is 2. The van der Waals surface area contributed by atoms with Crippen LogP contribution in [0.4, 0.5) is 0 Å². The first-order valence-electron chi connectivity index (χ1n) is 12.6. The molecule has 6 rings (SSSR count). The molecule has 5 aliphatic heterocycles. The third-order valence-corrected chi connectivity index (χ3v) is 8.75. The number of nitrogens with zero attached hydrogens (tertiary/aromatic N) is 1. The fourth-order valence-electron chi connectivity index (χ4n) is 6.87. The van der Waals surface area contributed by atoms with Crippen molar-refractivity contribution in [1.82, 2.24) is 4.90 Å². The average molecular weight is 482 g/mol. The molecule has 1 amide bonds. The van der Waals surface area contributed by atoms with Crippen LogP contribution in [-0.4, -0.2) is 64.4 Å². The molecule has 9 atom stereocenters. The van der Waals surface area contributed by atoms with E-state index in [1.807, 2.05) is 13.8 Å². The molecule has 10 heteroatoms. The molecule has 0 radical (unpaired) electrons. The summed E-state index contributed by atoms with van der Waals surface area (Å²) in [6.45, 7) is 6.47. The van der Waals surface area contributed by atoms with Crippen LogP contribution in [0.25, 0.3) is 0 Å². The van der Waals surface area contributed by atoms with Gasteiger partial charge in [0.1, 0.15) is 6.04 Å². The molecular weight excluding hydrogens is 446 g/mol. The molecule has 2 bridgehead atoms. The van der Waals surface area contributed by atoms with Crippen LogP contribution >= 0.6 is 0 Å². The first-order chi connectivity index (χ1) is 16.1. The monoisotopic (exact) mass is 481 g/mol. The summed E-state index contributed by atoms with van der Waals surface area (Å²) in [6, 6.07) is -0.811. The molecule has 5 heterocycles. The molecular formula is C24H35NO9. The number of carboxylic acids is 1. The lowest BCUT2D eigenvalue weighted by Gasteiger charge is -2.59. The van der Waals surface area contributed by atoms with Gasteiger partial charge in [0.2, 0.25) is 18.0 Å². The van der Waals surface area contributed by atoms with Gasteiger partial charge in [-0.1, -0.05) is 13.8 Å². The Kier molecular flexibility index (Phi) is 6.15. The number of esters is 1. The van der Waals surface area contributed by atoms with Crippen molar-refractivity contribution in [3.63, 3.8) is 0 Å². The summed E-state index contributed by atoms with van der Waals surface area (Å²) >= 11 is 0. The van der Waals surface area contributed by atoms with Crippen LogP contribution in [0.2, 0.25) is 0 Å². The Bertz CT molecular complexity index is 850. The van der Waals surface area contributed by atoms with Crippen LogP contribution in [0, 0.1) is 23.7 Å². The lowest BCUT2D eigenvalue weighted by Crippen LogP contribution is -2.70. The molecule has 34 heavy (non-hydrogen) atoms. The van der Waals surface area contributed by atoms with E-state index >= 15 is 0 Å². The number of likely N-dealkylation sites (tertiary alicyclic amines) is 1. The van der Waals surface area contributed by atoms with Gasteiger partial charge in [-0.25, -0.2) is 14.6 Å². The Balaban J connectivity index is 1.25. The van der Waals surface area contributed by atoms with Gasteiger partial charge in [0.05, 0.1) is 6.42 Å². The van der Waals surface area contributed by atoms with E-state index in [0.717, 1.165) is 19.3 Å². The summed E-state index contributed by atoms with van der Waals surface area (Å²) in [6.07, 6.45) is 2.89. The van der Waals surface area contributed by atoms with Crippen LogP contribution < -0.4 is 0 Å². The molecule has 0 aromatic heterocycles. The lowest BCUT2D eigenvalue weighted by atomic mass is 9.58. The molecule has 0 aromatic rings. The van der Waals surface area contributed by atoms with E-state index < -0.39 is 41.9 Å². The minimum Gasteiger partial charge on any atom is -0.480 e. The minimum atomic E-state index is -1.01. The molecule has 6 fully saturated rings. The van der Waals surface area contributed by atoms with Crippen molar-refractivity contribution in [3.05, 3.63) is 0 Å². The van der Waals surface area contributed by atoms with Crippen molar-refractivity contribution in [3.8, 4) is 0 Å². The van der Waals surface area contributed by atoms with Crippen molar-refractivity contribution in [2.45, 2.75) is 102 Å². The Labute approximate surface area is 199 Å². The normalized spacial score (nSPS) is 45.4. The number of ether oxygens (including phenoxy) is 3. The minimum absolute atomic E-state index is 0.0375. The van der Waals surface area contributed by atoms with Gasteiger partial charge in [-0.3, -0.25) is 9.59 Å². The highest BCUT2D eigenvalue weighted by Gasteiger charge is 2.69. The van der Waals surface area contributed by atoms with Gasteiger partial charge in [0.15, 0.2) is 11.9 Å². The molecule has 1 N–H and O–H groups in total. The number of carboxylic acid groups (broad SMARTS) is 1. The Hall–Kier alpha value is -1.75. The van der Waals surface area contributed by atoms with Gasteiger partial charge in [0, 0.05) is 31.2 Å². The molecule has 3 unspecified atom stereocenters. The molecule has 10 nitrogen and oxygen atoms in total.